The zero-order chi connectivity index (χ0) is 12.0. The number of anilines is 1. The summed E-state index contributed by atoms with van der Waals surface area (Å²) in [5.74, 6) is -0.979. The average Bonchev–Trinajstić information content (AvgIpc) is 2.08. The van der Waals surface area contributed by atoms with Crippen LogP contribution in [-0.4, -0.2) is 27.3 Å². The predicted octanol–water partition coefficient (Wildman–Crippen LogP) is 3.09. The molecule has 0 saturated carbocycles. The third-order valence-corrected chi connectivity index (χ3v) is 1.21. The largest absolute Gasteiger partial charge is 0.504 e. The summed E-state index contributed by atoms with van der Waals surface area (Å²) >= 11 is 10.2. The second-order valence-electron chi connectivity index (χ2n) is 2.34. The molecule has 8 heteroatoms. The minimum Gasteiger partial charge on any atom is -0.504 e. The lowest BCUT2D eigenvalue weighted by Gasteiger charge is -2.09. The van der Waals surface area contributed by atoms with Crippen LogP contribution in [0.5, 0.6) is 11.5 Å². The Morgan fingerprint density at radius 3 is 2.00 bits per heavy atom. The van der Waals surface area contributed by atoms with Crippen LogP contribution in [0.25, 0.3) is 0 Å². The van der Waals surface area contributed by atoms with Crippen molar-refractivity contribution < 1.29 is 20.6 Å². The van der Waals surface area contributed by atoms with Crippen LogP contribution in [-0.2, 0) is 0 Å². The first kappa shape index (κ1) is 14.6. The molecule has 0 unspecified atom stereocenters. The van der Waals surface area contributed by atoms with E-state index in [2.05, 4.69) is 0 Å². The molecule has 5 nitrogen and oxygen atoms in total. The van der Waals surface area contributed by atoms with E-state index in [0.717, 1.165) is 0 Å². The summed E-state index contributed by atoms with van der Waals surface area (Å²) in [6.45, 7) is 1.09. The molecule has 0 radical (unpaired) electrons. The summed E-state index contributed by atoms with van der Waals surface area (Å²) < 4.78 is 0. The summed E-state index contributed by atoms with van der Waals surface area (Å²) in [4.78, 5) is 0. The molecule has 1 aromatic rings. The van der Waals surface area contributed by atoms with Crippen LogP contribution in [0, 0.1) is 0 Å². The van der Waals surface area contributed by atoms with Crippen molar-refractivity contribution >= 4 is 34.8 Å². The molecule has 1 aromatic carbocycles. The lowest BCUT2D eigenvalue weighted by molar-refractivity contribution is 0.0278. The van der Waals surface area contributed by atoms with Gasteiger partial charge in [-0.1, -0.05) is 28.5 Å². The van der Waals surface area contributed by atoms with Gasteiger partial charge in [0.05, 0.1) is 6.63 Å². The number of phenolic OH excluding ortho intramolecular Hbond substituents is 2. The Morgan fingerprint density at radius 2 is 1.67 bits per heavy atom. The smallest absolute Gasteiger partial charge is 0.186 e. The molecule has 86 valence electrons. The Hall–Kier alpha value is -0.450. The highest BCUT2D eigenvalue weighted by Crippen LogP contribution is 2.41. The minimum absolute atomic E-state index is 0.269. The molecule has 0 saturated heterocycles. The number of para-hydroxylation sites is 1. The number of hydrogen-bond acceptors (Lipinski definition) is 5. The topological polar surface area (TPSA) is 84.2 Å². The van der Waals surface area contributed by atoms with E-state index >= 15 is 0 Å². The first-order valence-corrected chi connectivity index (χ1v) is 7.20. The van der Waals surface area contributed by atoms with E-state index in [0.29, 0.717) is 0 Å². The van der Waals surface area contributed by atoms with Crippen LogP contribution < -0.4 is 5.23 Å². The number of hydrogen-bond donors (Lipinski definition) is 4. The lowest BCUT2D eigenvalue weighted by Crippen LogP contribution is -2.10. The third kappa shape index (κ3) is 5.87. The highest BCUT2D eigenvalue weighted by Gasteiger charge is 2.08. The van der Waals surface area contributed by atoms with Crippen LogP contribution in [0.1, 0.15) is 0 Å². The Morgan fingerprint density at radius 1 is 1.20 bits per heavy atom. The van der Waals surface area contributed by atoms with E-state index in [1.54, 1.807) is 6.66 Å². The quantitative estimate of drug-likeness (QED) is 0.359. The molecule has 0 bridgehead atoms. The Balaban J connectivity index is 0.000000423. The maximum Gasteiger partial charge on any atom is 0.186 e. The third-order valence-electron chi connectivity index (χ3n) is 1.21. The molecular weight excluding hydrogens is 264 g/mol. The molecule has 0 atom stereocenters. The van der Waals surface area contributed by atoms with Crippen LogP contribution >= 0.6 is 29.1 Å². The fraction of sp³-hybridized carbons (Fsp3) is 0.143. The molecular formula is C7H10Cl2NO4P. The fourth-order valence-electron chi connectivity index (χ4n) is 0.681. The zero-order valence-corrected chi connectivity index (χ0v) is 10.1. The van der Waals surface area contributed by atoms with Gasteiger partial charge >= 0.3 is 0 Å². The van der Waals surface area contributed by atoms with E-state index < -0.39 is 18.1 Å². The summed E-state index contributed by atoms with van der Waals surface area (Å²) in [6, 6.07) is 3.82. The molecule has 4 N–H and O–H groups in total. The Labute approximate surface area is 97.3 Å². The van der Waals surface area contributed by atoms with Crippen LogP contribution in [0.2, 0.25) is 0 Å². The average molecular weight is 274 g/mol. The first-order chi connectivity index (χ1) is 6.86. The van der Waals surface area contributed by atoms with Gasteiger partial charge < -0.3 is 10.2 Å². The predicted molar refractivity (Wildman–Crippen MR) is 60.4 cm³/mol. The normalized spacial score (nSPS) is 9.47. The second-order valence-corrected chi connectivity index (χ2v) is 6.70. The van der Waals surface area contributed by atoms with Crippen LogP contribution in [0.15, 0.2) is 18.2 Å². The van der Waals surface area contributed by atoms with Crippen LogP contribution in [0.3, 0.4) is 0 Å². The molecule has 15 heavy (non-hydrogen) atoms. The van der Waals surface area contributed by atoms with Gasteiger partial charge in [0, 0.05) is 0 Å². The monoisotopic (exact) mass is 273 g/mol. The summed E-state index contributed by atoms with van der Waals surface area (Å²) in [5, 5.41) is 34.4. The van der Waals surface area contributed by atoms with Crippen molar-refractivity contribution in [2.45, 2.75) is 0 Å². The van der Waals surface area contributed by atoms with Gasteiger partial charge in [0.25, 0.3) is 0 Å². The molecule has 1 rings (SSSR count). The molecule has 0 heterocycles. The van der Waals surface area contributed by atoms with Crippen molar-refractivity contribution in [1.29, 1.82) is 0 Å². The number of halogens is 2. The van der Waals surface area contributed by atoms with Gasteiger partial charge in [0.15, 0.2) is 11.5 Å². The number of phenols is 2. The summed E-state index contributed by atoms with van der Waals surface area (Å²) in [6.07, 6.45) is 0. The number of aromatic hydroxyl groups is 2. The van der Waals surface area contributed by atoms with Gasteiger partial charge in [0.1, 0.15) is 5.69 Å². The zero-order valence-electron chi connectivity index (χ0n) is 7.67. The van der Waals surface area contributed by atoms with Crippen LogP contribution in [0.4, 0.5) is 5.69 Å². The number of benzene rings is 1. The number of nitrogens with zero attached hydrogens (tertiary/aromatic N) is 1. The van der Waals surface area contributed by atoms with Crippen molar-refractivity contribution in [3.8, 4) is 11.5 Å². The summed E-state index contributed by atoms with van der Waals surface area (Å²) in [7, 11) is 0. The lowest BCUT2D eigenvalue weighted by atomic mass is 10.3. The van der Waals surface area contributed by atoms with Gasteiger partial charge in [-0.2, -0.15) is 0 Å². The van der Waals surface area contributed by atoms with Gasteiger partial charge in [-0.25, -0.2) is 0 Å². The SMILES string of the molecule is CP(Cl)Cl.Oc1cccc(N(O)O)c1O. The standard InChI is InChI=1S/C6H7NO4.CH3Cl2P/c8-5-3-1-2-4(6(5)9)7(10)11;1-4(2)3/h1-3,8-11H;1H3. The minimum atomic E-state index is -0.676. The van der Waals surface area contributed by atoms with Gasteiger partial charge in [-0.05, 0) is 18.8 Å². The molecule has 0 aromatic heterocycles. The van der Waals surface area contributed by atoms with E-state index in [4.69, 9.17) is 43.1 Å². The Bertz CT molecular complexity index is 308. The molecule has 0 aliphatic carbocycles. The van der Waals surface area contributed by atoms with Crippen molar-refractivity contribution in [3.63, 3.8) is 0 Å². The van der Waals surface area contributed by atoms with E-state index in [9.17, 15) is 0 Å². The number of rotatable bonds is 1. The first-order valence-electron chi connectivity index (χ1n) is 3.60. The van der Waals surface area contributed by atoms with Crippen molar-refractivity contribution in [3.05, 3.63) is 18.2 Å². The van der Waals surface area contributed by atoms with E-state index in [1.165, 1.54) is 18.2 Å². The highest BCUT2D eigenvalue weighted by molar-refractivity contribution is 8.03. The summed E-state index contributed by atoms with van der Waals surface area (Å²) in [5.41, 5.74) is -0.273. The van der Waals surface area contributed by atoms with Crippen molar-refractivity contribution in [2.24, 2.45) is 0 Å². The highest BCUT2D eigenvalue weighted by atomic mass is 35.9. The van der Waals surface area contributed by atoms with Gasteiger partial charge in [-0.3, -0.25) is 10.4 Å². The molecule has 0 fully saturated rings. The molecule has 0 aliphatic rings. The maximum atomic E-state index is 8.96. The van der Waals surface area contributed by atoms with E-state index in [-0.39, 0.29) is 10.9 Å². The maximum absolute atomic E-state index is 8.96. The van der Waals surface area contributed by atoms with Gasteiger partial charge in [-0.15, -0.1) is 5.23 Å². The second kappa shape index (κ2) is 6.93. The molecule has 0 amide bonds. The fourth-order valence-corrected chi connectivity index (χ4v) is 0.681. The Kier molecular flexibility index (Phi) is 6.72. The van der Waals surface area contributed by atoms with Crippen molar-refractivity contribution in [1.82, 2.24) is 0 Å². The molecule has 0 spiro atoms. The van der Waals surface area contributed by atoms with Crippen molar-refractivity contribution in [2.75, 3.05) is 11.9 Å². The van der Waals surface area contributed by atoms with Gasteiger partial charge in [0.2, 0.25) is 0 Å². The molecule has 0 aliphatic heterocycles. The van der Waals surface area contributed by atoms with E-state index in [1.807, 2.05) is 0 Å².